The van der Waals surface area contributed by atoms with Crippen LogP contribution in [0.4, 0.5) is 0 Å². The second-order valence-corrected chi connectivity index (χ2v) is 4.34. The first-order valence-corrected chi connectivity index (χ1v) is 5.54. The van der Waals surface area contributed by atoms with Crippen LogP contribution in [0.2, 0.25) is 0 Å². The maximum Gasteiger partial charge on any atom is 0.138 e. The van der Waals surface area contributed by atoms with E-state index in [0.717, 1.165) is 19.6 Å². The number of carbonyl (C=O) groups is 1. The molecule has 1 unspecified atom stereocenters. The smallest absolute Gasteiger partial charge is 0.138 e. The number of hydrogen-bond donors (Lipinski definition) is 0. The lowest BCUT2D eigenvalue weighted by molar-refractivity contribution is -0.125. The molecule has 0 radical (unpaired) electrons. The predicted molar refractivity (Wildman–Crippen MR) is 75.9 cm³/mol. The first-order valence-electron chi connectivity index (χ1n) is 5.54. The molecular weight excluding hydrogens is 313 g/mol. The number of nitrogens with zero attached hydrogens (tertiary/aromatic N) is 1. The van der Waals surface area contributed by atoms with Gasteiger partial charge in [-0.15, -0.1) is 24.0 Å². The molecule has 1 fully saturated rings. The summed E-state index contributed by atoms with van der Waals surface area (Å²) in [5.41, 5.74) is 1.33. The van der Waals surface area contributed by atoms with Crippen molar-refractivity contribution < 1.29 is 4.79 Å². The fourth-order valence-electron chi connectivity index (χ4n) is 2.08. The minimum atomic E-state index is 0. The number of piperidine rings is 1. The van der Waals surface area contributed by atoms with Gasteiger partial charge in [0.1, 0.15) is 5.78 Å². The third kappa shape index (κ3) is 3.56. The fourth-order valence-corrected chi connectivity index (χ4v) is 2.08. The fraction of sp³-hybridized carbons (Fsp3) is 0.462. The molecule has 1 aromatic rings. The monoisotopic (exact) mass is 331 g/mol. The second kappa shape index (κ2) is 6.35. The van der Waals surface area contributed by atoms with Crippen LogP contribution in [0, 0.1) is 5.92 Å². The van der Waals surface area contributed by atoms with Crippen LogP contribution in [0.5, 0.6) is 0 Å². The highest BCUT2D eigenvalue weighted by molar-refractivity contribution is 14.0. The molecule has 16 heavy (non-hydrogen) atoms. The molecule has 1 aliphatic heterocycles. The molecule has 0 spiro atoms. The maximum absolute atomic E-state index is 11.4. The highest BCUT2D eigenvalue weighted by atomic mass is 127. The Bertz CT molecular complexity index is 339. The second-order valence-electron chi connectivity index (χ2n) is 4.34. The minimum absolute atomic E-state index is 0. The molecule has 0 saturated carbocycles. The van der Waals surface area contributed by atoms with E-state index < -0.39 is 0 Å². The zero-order valence-electron chi connectivity index (χ0n) is 9.56. The van der Waals surface area contributed by atoms with Crippen LogP contribution >= 0.6 is 24.0 Å². The summed E-state index contributed by atoms with van der Waals surface area (Å²) in [7, 11) is 0. The number of ketones is 1. The van der Waals surface area contributed by atoms with Crippen LogP contribution in [0.3, 0.4) is 0 Å². The van der Waals surface area contributed by atoms with Crippen LogP contribution in [0.15, 0.2) is 30.3 Å². The van der Waals surface area contributed by atoms with Gasteiger partial charge in [0.05, 0.1) is 0 Å². The molecule has 1 aromatic carbocycles. The van der Waals surface area contributed by atoms with Crippen LogP contribution in [-0.4, -0.2) is 23.8 Å². The van der Waals surface area contributed by atoms with E-state index in [-0.39, 0.29) is 29.9 Å². The van der Waals surface area contributed by atoms with E-state index >= 15 is 0 Å². The molecule has 1 saturated heterocycles. The predicted octanol–water partition coefficient (Wildman–Crippen LogP) is 2.72. The van der Waals surface area contributed by atoms with E-state index in [2.05, 4.69) is 29.2 Å². The Balaban J connectivity index is 0.00000128. The summed E-state index contributed by atoms with van der Waals surface area (Å²) in [5, 5.41) is 0. The van der Waals surface area contributed by atoms with Crippen molar-refractivity contribution in [3.8, 4) is 0 Å². The van der Waals surface area contributed by atoms with Crippen LogP contribution in [-0.2, 0) is 11.3 Å². The van der Waals surface area contributed by atoms with Crippen LogP contribution < -0.4 is 0 Å². The molecule has 3 heteroatoms. The lowest BCUT2D eigenvalue weighted by Crippen LogP contribution is -2.38. The minimum Gasteiger partial charge on any atom is -0.299 e. The Morgan fingerprint density at radius 1 is 1.31 bits per heavy atom. The van der Waals surface area contributed by atoms with Gasteiger partial charge in [-0.25, -0.2) is 0 Å². The van der Waals surface area contributed by atoms with E-state index in [4.69, 9.17) is 0 Å². The zero-order valence-corrected chi connectivity index (χ0v) is 11.9. The van der Waals surface area contributed by atoms with E-state index in [1.165, 1.54) is 5.56 Å². The van der Waals surface area contributed by atoms with Gasteiger partial charge in [0.25, 0.3) is 0 Å². The van der Waals surface area contributed by atoms with Gasteiger partial charge in [0, 0.05) is 32.0 Å². The van der Waals surface area contributed by atoms with E-state index in [0.29, 0.717) is 12.2 Å². The van der Waals surface area contributed by atoms with Crippen molar-refractivity contribution in [1.29, 1.82) is 0 Å². The average molecular weight is 331 g/mol. The van der Waals surface area contributed by atoms with E-state index in [9.17, 15) is 4.79 Å². The number of Topliss-reactive ketones (excluding diaryl/α,β-unsaturated/α-hetero) is 1. The molecule has 0 N–H and O–H groups in total. The average Bonchev–Trinajstić information content (AvgIpc) is 2.25. The molecule has 0 aromatic heterocycles. The molecule has 88 valence electrons. The Labute approximate surface area is 114 Å². The topological polar surface area (TPSA) is 20.3 Å². The first kappa shape index (κ1) is 13.6. The number of carbonyl (C=O) groups excluding carboxylic acids is 1. The van der Waals surface area contributed by atoms with Crippen molar-refractivity contribution >= 4 is 29.8 Å². The number of hydrogen-bond acceptors (Lipinski definition) is 2. The normalized spacial score (nSPS) is 21.6. The Morgan fingerprint density at radius 2 is 2.00 bits per heavy atom. The quantitative estimate of drug-likeness (QED) is 0.777. The van der Waals surface area contributed by atoms with Crippen molar-refractivity contribution in [1.82, 2.24) is 4.90 Å². The number of halogens is 1. The molecule has 2 rings (SSSR count). The Kier molecular flexibility index (Phi) is 5.41. The summed E-state index contributed by atoms with van der Waals surface area (Å²) in [4.78, 5) is 13.7. The SMILES string of the molecule is CC1CN(Cc2ccccc2)CCC1=O.I. The largest absolute Gasteiger partial charge is 0.299 e. The highest BCUT2D eigenvalue weighted by Gasteiger charge is 2.22. The Hall–Kier alpha value is -0.420. The van der Waals surface area contributed by atoms with Gasteiger partial charge in [0.2, 0.25) is 0 Å². The summed E-state index contributed by atoms with van der Waals surface area (Å²) in [6.07, 6.45) is 0.716. The summed E-state index contributed by atoms with van der Waals surface area (Å²) in [6.45, 7) is 4.82. The third-order valence-electron chi connectivity index (χ3n) is 3.01. The van der Waals surface area contributed by atoms with Crippen molar-refractivity contribution in [3.05, 3.63) is 35.9 Å². The van der Waals surface area contributed by atoms with Crippen molar-refractivity contribution in [2.75, 3.05) is 13.1 Å². The molecular formula is C13H18INO. The number of rotatable bonds is 2. The molecule has 1 aliphatic rings. The number of likely N-dealkylation sites (tertiary alicyclic amines) is 1. The third-order valence-corrected chi connectivity index (χ3v) is 3.01. The van der Waals surface area contributed by atoms with Crippen molar-refractivity contribution in [2.24, 2.45) is 5.92 Å². The maximum atomic E-state index is 11.4. The van der Waals surface area contributed by atoms with Crippen LogP contribution in [0.25, 0.3) is 0 Å². The van der Waals surface area contributed by atoms with Gasteiger partial charge in [-0.1, -0.05) is 37.3 Å². The van der Waals surface area contributed by atoms with Crippen molar-refractivity contribution in [3.63, 3.8) is 0 Å². The highest BCUT2D eigenvalue weighted by Crippen LogP contribution is 2.14. The molecule has 0 amide bonds. The Morgan fingerprint density at radius 3 is 2.62 bits per heavy atom. The van der Waals surface area contributed by atoms with Gasteiger partial charge < -0.3 is 0 Å². The van der Waals surface area contributed by atoms with Crippen molar-refractivity contribution in [2.45, 2.75) is 19.9 Å². The summed E-state index contributed by atoms with van der Waals surface area (Å²) < 4.78 is 0. The summed E-state index contributed by atoms with van der Waals surface area (Å²) in [6, 6.07) is 10.4. The van der Waals surface area contributed by atoms with E-state index in [1.54, 1.807) is 0 Å². The van der Waals surface area contributed by atoms with Crippen LogP contribution in [0.1, 0.15) is 18.9 Å². The molecule has 0 bridgehead atoms. The summed E-state index contributed by atoms with van der Waals surface area (Å²) in [5.74, 6) is 0.627. The van der Waals surface area contributed by atoms with Gasteiger partial charge >= 0.3 is 0 Å². The van der Waals surface area contributed by atoms with Gasteiger partial charge in [-0.05, 0) is 5.56 Å². The number of benzene rings is 1. The first-order chi connectivity index (χ1) is 7.25. The van der Waals surface area contributed by atoms with E-state index in [1.807, 2.05) is 13.0 Å². The van der Waals surface area contributed by atoms with Gasteiger partial charge in [0.15, 0.2) is 0 Å². The lowest BCUT2D eigenvalue weighted by Gasteiger charge is -2.29. The van der Waals surface area contributed by atoms with Gasteiger partial charge in [-0.3, -0.25) is 9.69 Å². The molecule has 2 nitrogen and oxygen atoms in total. The van der Waals surface area contributed by atoms with Gasteiger partial charge in [-0.2, -0.15) is 0 Å². The standard InChI is InChI=1S/C13H17NO.HI/c1-11-9-14(8-7-13(11)15)10-12-5-3-2-4-6-12;/h2-6,11H,7-10H2,1H3;1H. The zero-order chi connectivity index (χ0) is 10.7. The molecule has 1 atom stereocenters. The lowest BCUT2D eigenvalue weighted by atomic mass is 9.98. The molecule has 1 heterocycles. The molecule has 0 aliphatic carbocycles. The summed E-state index contributed by atoms with van der Waals surface area (Å²) >= 11 is 0.